The fourth-order valence-electron chi connectivity index (χ4n) is 1.98. The lowest BCUT2D eigenvalue weighted by molar-refractivity contribution is -0.136. The molecule has 5 heteroatoms. The third kappa shape index (κ3) is 3.07. The van der Waals surface area contributed by atoms with Crippen molar-refractivity contribution in [1.82, 2.24) is 5.32 Å². The van der Waals surface area contributed by atoms with Crippen molar-refractivity contribution < 1.29 is 14.7 Å². The number of carbonyl (C=O) groups excluding carboxylic acids is 1. The van der Waals surface area contributed by atoms with Gasteiger partial charge in [0.05, 0.1) is 13.0 Å². The van der Waals surface area contributed by atoms with Gasteiger partial charge in [0.2, 0.25) is 0 Å². The van der Waals surface area contributed by atoms with E-state index in [1.165, 1.54) is 5.56 Å². The molecule has 1 heterocycles. The molecular weight excluding hydrogens is 232 g/mol. The van der Waals surface area contributed by atoms with Crippen LogP contribution in [0.2, 0.25) is 0 Å². The zero-order valence-corrected chi connectivity index (χ0v) is 10.0. The molecule has 1 aliphatic rings. The molecule has 0 amide bonds. The van der Waals surface area contributed by atoms with Gasteiger partial charge in [-0.05, 0) is 30.2 Å². The van der Waals surface area contributed by atoms with Gasteiger partial charge in [-0.15, -0.1) is 0 Å². The van der Waals surface area contributed by atoms with Crippen LogP contribution in [-0.2, 0) is 11.2 Å². The number of anilines is 1. The van der Waals surface area contributed by atoms with Gasteiger partial charge in [0.15, 0.2) is 5.78 Å². The fraction of sp³-hybridized carbons (Fsp3) is 0.385. The summed E-state index contributed by atoms with van der Waals surface area (Å²) in [4.78, 5) is 22.2. The summed E-state index contributed by atoms with van der Waals surface area (Å²) in [5, 5.41) is 14.5. The van der Waals surface area contributed by atoms with Crippen molar-refractivity contribution in [3.8, 4) is 0 Å². The largest absolute Gasteiger partial charge is 0.481 e. The second kappa shape index (κ2) is 5.64. The van der Waals surface area contributed by atoms with E-state index in [4.69, 9.17) is 5.11 Å². The van der Waals surface area contributed by atoms with Gasteiger partial charge in [-0.3, -0.25) is 9.59 Å². The number of benzene rings is 1. The maximum absolute atomic E-state index is 11.9. The van der Waals surface area contributed by atoms with Gasteiger partial charge in [-0.25, -0.2) is 0 Å². The summed E-state index contributed by atoms with van der Waals surface area (Å²) in [5.41, 5.74) is 2.96. The first-order valence-electron chi connectivity index (χ1n) is 5.99. The summed E-state index contributed by atoms with van der Waals surface area (Å²) < 4.78 is 0. The Labute approximate surface area is 105 Å². The number of hydrogen-bond donors (Lipinski definition) is 3. The highest BCUT2D eigenvalue weighted by molar-refractivity contribution is 5.98. The summed E-state index contributed by atoms with van der Waals surface area (Å²) in [5.74, 6) is -0.867. The molecule has 18 heavy (non-hydrogen) atoms. The van der Waals surface area contributed by atoms with Crippen LogP contribution in [0.15, 0.2) is 18.2 Å². The van der Waals surface area contributed by atoms with E-state index >= 15 is 0 Å². The highest BCUT2D eigenvalue weighted by Crippen LogP contribution is 2.22. The average Bonchev–Trinajstić information content (AvgIpc) is 2.81. The topological polar surface area (TPSA) is 78.4 Å². The zero-order valence-electron chi connectivity index (χ0n) is 10.0. The lowest BCUT2D eigenvalue weighted by Crippen LogP contribution is -2.25. The molecule has 0 fully saturated rings. The van der Waals surface area contributed by atoms with Crippen molar-refractivity contribution in [2.24, 2.45) is 0 Å². The molecule has 0 radical (unpaired) electrons. The third-order valence-electron chi connectivity index (χ3n) is 2.94. The SMILES string of the molecule is O=C(O)CCNCC(=O)c1ccc2c(c1)CCN2. The molecule has 0 unspecified atom stereocenters. The van der Waals surface area contributed by atoms with Crippen LogP contribution in [0.4, 0.5) is 5.69 Å². The number of aliphatic carboxylic acids is 1. The highest BCUT2D eigenvalue weighted by Gasteiger charge is 2.13. The Morgan fingerprint density at radius 2 is 2.22 bits per heavy atom. The van der Waals surface area contributed by atoms with E-state index in [0.717, 1.165) is 18.7 Å². The molecule has 3 N–H and O–H groups in total. The Kier molecular flexibility index (Phi) is 3.94. The number of carboxylic acids is 1. The second-order valence-corrected chi connectivity index (χ2v) is 4.29. The molecule has 1 aromatic carbocycles. The normalized spacial score (nSPS) is 12.9. The number of ketones is 1. The Bertz CT molecular complexity index is 471. The van der Waals surface area contributed by atoms with Gasteiger partial charge in [-0.1, -0.05) is 0 Å². The van der Waals surface area contributed by atoms with Crippen molar-refractivity contribution in [2.45, 2.75) is 12.8 Å². The average molecular weight is 248 g/mol. The maximum Gasteiger partial charge on any atom is 0.304 e. The highest BCUT2D eigenvalue weighted by atomic mass is 16.4. The molecule has 0 saturated carbocycles. The molecule has 1 aromatic rings. The van der Waals surface area contributed by atoms with Crippen LogP contribution in [-0.4, -0.2) is 36.5 Å². The van der Waals surface area contributed by atoms with Crippen LogP contribution < -0.4 is 10.6 Å². The lowest BCUT2D eigenvalue weighted by Gasteiger charge is -2.05. The van der Waals surface area contributed by atoms with E-state index < -0.39 is 5.97 Å². The molecule has 2 rings (SSSR count). The predicted octanol–water partition coefficient (Wildman–Crippen LogP) is 0.902. The van der Waals surface area contributed by atoms with Crippen LogP contribution in [0.1, 0.15) is 22.3 Å². The van der Waals surface area contributed by atoms with E-state index in [0.29, 0.717) is 12.1 Å². The summed E-state index contributed by atoms with van der Waals surface area (Å²) in [6, 6.07) is 5.64. The second-order valence-electron chi connectivity index (χ2n) is 4.29. The number of fused-ring (bicyclic) bond motifs is 1. The zero-order chi connectivity index (χ0) is 13.0. The number of carbonyl (C=O) groups is 2. The van der Waals surface area contributed by atoms with Gasteiger partial charge < -0.3 is 15.7 Å². The van der Waals surface area contributed by atoms with Crippen LogP contribution >= 0.6 is 0 Å². The number of nitrogens with one attached hydrogen (secondary N) is 2. The fourth-order valence-corrected chi connectivity index (χ4v) is 1.98. The molecule has 0 saturated heterocycles. The predicted molar refractivity (Wildman–Crippen MR) is 68.1 cm³/mol. The Hall–Kier alpha value is -1.88. The van der Waals surface area contributed by atoms with Crippen LogP contribution in [0.25, 0.3) is 0 Å². The number of carboxylic acid groups (broad SMARTS) is 1. The monoisotopic (exact) mass is 248 g/mol. The lowest BCUT2D eigenvalue weighted by atomic mass is 10.1. The van der Waals surface area contributed by atoms with Crippen molar-refractivity contribution in [3.63, 3.8) is 0 Å². The van der Waals surface area contributed by atoms with Crippen molar-refractivity contribution in [2.75, 3.05) is 25.0 Å². The molecule has 0 aliphatic carbocycles. The van der Waals surface area contributed by atoms with Gasteiger partial charge >= 0.3 is 5.97 Å². The van der Waals surface area contributed by atoms with Crippen LogP contribution in [0, 0.1) is 0 Å². The van der Waals surface area contributed by atoms with E-state index in [9.17, 15) is 9.59 Å². The minimum absolute atomic E-state index is 0.00455. The van der Waals surface area contributed by atoms with Gasteiger partial charge in [-0.2, -0.15) is 0 Å². The smallest absolute Gasteiger partial charge is 0.304 e. The molecular formula is C13H16N2O3. The number of Topliss-reactive ketones (excluding diaryl/α,β-unsaturated/α-hetero) is 1. The first-order valence-corrected chi connectivity index (χ1v) is 5.99. The van der Waals surface area contributed by atoms with Gasteiger partial charge in [0.1, 0.15) is 0 Å². The third-order valence-corrected chi connectivity index (χ3v) is 2.94. The standard InChI is InChI=1S/C13H16N2O3/c16-12(8-14-5-4-13(17)18)10-1-2-11-9(7-10)3-6-15-11/h1-2,7,14-15H,3-6,8H2,(H,17,18). The Balaban J connectivity index is 1.87. The molecule has 1 aliphatic heterocycles. The quantitative estimate of drug-likeness (QED) is 0.515. The first-order chi connectivity index (χ1) is 8.66. The van der Waals surface area contributed by atoms with E-state index in [1.54, 1.807) is 6.07 Å². The summed E-state index contributed by atoms with van der Waals surface area (Å²) in [6.07, 6.45) is 0.976. The summed E-state index contributed by atoms with van der Waals surface area (Å²) >= 11 is 0. The van der Waals surface area contributed by atoms with Gasteiger partial charge in [0.25, 0.3) is 0 Å². The molecule has 0 atom stereocenters. The van der Waals surface area contributed by atoms with E-state index in [1.807, 2.05) is 12.1 Å². The minimum Gasteiger partial charge on any atom is -0.481 e. The number of rotatable bonds is 6. The Morgan fingerprint density at radius 1 is 1.39 bits per heavy atom. The van der Waals surface area contributed by atoms with Crippen molar-refractivity contribution in [3.05, 3.63) is 29.3 Å². The summed E-state index contributed by atoms with van der Waals surface area (Å²) in [7, 11) is 0. The molecule has 0 bridgehead atoms. The molecule has 96 valence electrons. The van der Waals surface area contributed by atoms with E-state index in [-0.39, 0.29) is 18.7 Å². The van der Waals surface area contributed by atoms with Crippen LogP contribution in [0.5, 0.6) is 0 Å². The minimum atomic E-state index is -0.862. The summed E-state index contributed by atoms with van der Waals surface area (Å²) in [6.45, 7) is 1.41. The van der Waals surface area contributed by atoms with Crippen LogP contribution in [0.3, 0.4) is 0 Å². The first kappa shape index (κ1) is 12.6. The molecule has 0 spiro atoms. The maximum atomic E-state index is 11.9. The molecule has 0 aromatic heterocycles. The Morgan fingerprint density at radius 3 is 3.00 bits per heavy atom. The number of hydrogen-bond acceptors (Lipinski definition) is 4. The van der Waals surface area contributed by atoms with E-state index in [2.05, 4.69) is 10.6 Å². The molecule has 5 nitrogen and oxygen atoms in total. The van der Waals surface area contributed by atoms with Crippen molar-refractivity contribution >= 4 is 17.4 Å². The van der Waals surface area contributed by atoms with Crippen molar-refractivity contribution in [1.29, 1.82) is 0 Å². The van der Waals surface area contributed by atoms with Gasteiger partial charge in [0, 0.05) is 24.3 Å².